The monoisotopic (exact) mass is 462 g/mol. The minimum Gasteiger partial charge on any atom is -0.320 e. The van der Waals surface area contributed by atoms with Crippen LogP contribution in [0.4, 0.5) is 5.69 Å². The molecule has 20 heavy (non-hydrogen) atoms. The largest absolute Gasteiger partial charge is 0.320 e. The number of amides is 1. The molecule has 1 aromatic heterocycles. The molecule has 2 aromatic rings. The van der Waals surface area contributed by atoms with E-state index in [1.165, 1.54) is 10.6 Å². The lowest BCUT2D eigenvalue weighted by Crippen LogP contribution is -2.20. The Morgan fingerprint density at radius 1 is 1.15 bits per heavy atom. The highest BCUT2D eigenvalue weighted by Crippen LogP contribution is 2.34. The molecule has 0 fully saturated rings. The Morgan fingerprint density at radius 2 is 1.75 bits per heavy atom. The molecule has 0 saturated carbocycles. The summed E-state index contributed by atoms with van der Waals surface area (Å²) in [7, 11) is 1.63. The first-order valence-electron chi connectivity index (χ1n) is 5.51. The molecule has 0 bridgehead atoms. The third kappa shape index (κ3) is 3.39. The van der Waals surface area contributed by atoms with E-state index in [2.05, 4.69) is 53.1 Å². The van der Waals surface area contributed by atoms with Crippen LogP contribution in [0, 0.1) is 0 Å². The number of rotatable bonds is 2. The van der Waals surface area contributed by atoms with Crippen molar-refractivity contribution in [2.45, 2.75) is 0 Å². The average molecular weight is 465 g/mol. The van der Waals surface area contributed by atoms with Gasteiger partial charge in [0.15, 0.2) is 0 Å². The summed E-state index contributed by atoms with van der Waals surface area (Å²) < 4.78 is 3.75. The molecule has 1 amide bonds. The maximum atomic E-state index is 12.2. The summed E-state index contributed by atoms with van der Waals surface area (Å²) in [5.74, 6) is -0.341. The second-order valence-corrected chi connectivity index (χ2v) is 6.69. The molecule has 7 heteroatoms. The molecule has 0 atom stereocenters. The molecule has 4 nitrogen and oxygen atoms in total. The van der Waals surface area contributed by atoms with Crippen LogP contribution in [0.15, 0.2) is 48.7 Å². The van der Waals surface area contributed by atoms with E-state index >= 15 is 0 Å². The zero-order valence-corrected chi connectivity index (χ0v) is 15.0. The van der Waals surface area contributed by atoms with Gasteiger partial charge in [0.2, 0.25) is 0 Å². The van der Waals surface area contributed by atoms with Gasteiger partial charge in [-0.05, 0) is 50.1 Å². The Hall–Kier alpha value is -0.920. The van der Waals surface area contributed by atoms with Crippen LogP contribution >= 0.6 is 47.8 Å². The number of aryl methyl sites for hydroxylation is 1. The molecule has 0 unspecified atom stereocenters. The fourth-order valence-corrected chi connectivity index (χ4v) is 3.99. The number of halogens is 3. The van der Waals surface area contributed by atoms with Crippen LogP contribution in [-0.2, 0) is 7.05 Å². The molecule has 0 radical (unpaired) electrons. The number of carbonyl (C=O) groups is 1. The molecule has 0 aliphatic carbocycles. The van der Waals surface area contributed by atoms with E-state index in [0.717, 1.165) is 13.4 Å². The van der Waals surface area contributed by atoms with Crippen molar-refractivity contribution in [2.75, 3.05) is 5.32 Å². The lowest BCUT2D eigenvalue weighted by atomic mass is 10.2. The highest BCUT2D eigenvalue weighted by Gasteiger charge is 2.12. The van der Waals surface area contributed by atoms with Gasteiger partial charge in [0.05, 0.1) is 5.69 Å². The third-order valence-corrected chi connectivity index (χ3v) is 4.32. The van der Waals surface area contributed by atoms with Crippen LogP contribution in [0.25, 0.3) is 0 Å². The maximum Gasteiger partial charge on any atom is 0.255 e. The van der Waals surface area contributed by atoms with Gasteiger partial charge in [-0.15, -0.1) is 0 Å². The van der Waals surface area contributed by atoms with Crippen LogP contribution in [0.3, 0.4) is 0 Å². The number of benzene rings is 1. The fraction of sp³-hybridized carbons (Fsp3) is 0.0769. The Morgan fingerprint density at radius 3 is 2.30 bits per heavy atom. The second-order valence-electron chi connectivity index (χ2n) is 4.06. The number of carbonyl (C=O) groups excluding carboxylic acids is 1. The summed E-state index contributed by atoms with van der Waals surface area (Å²) in [6.07, 6.45) is 1.56. The smallest absolute Gasteiger partial charge is 0.255 e. The molecule has 1 N–H and O–H groups in total. The van der Waals surface area contributed by atoms with Crippen molar-refractivity contribution in [1.82, 2.24) is 4.57 Å². The average Bonchev–Trinajstić information content (AvgIpc) is 2.36. The number of pyridine rings is 1. The van der Waals surface area contributed by atoms with E-state index in [-0.39, 0.29) is 11.5 Å². The van der Waals surface area contributed by atoms with E-state index in [9.17, 15) is 9.59 Å². The van der Waals surface area contributed by atoms with Crippen molar-refractivity contribution in [3.8, 4) is 0 Å². The minimum atomic E-state index is -0.341. The zero-order valence-electron chi connectivity index (χ0n) is 10.3. The van der Waals surface area contributed by atoms with E-state index in [1.807, 2.05) is 12.1 Å². The predicted molar refractivity (Wildman–Crippen MR) is 89.2 cm³/mol. The molecule has 0 spiro atoms. The van der Waals surface area contributed by atoms with Crippen molar-refractivity contribution in [2.24, 2.45) is 7.05 Å². The van der Waals surface area contributed by atoms with Crippen molar-refractivity contribution in [3.05, 3.63) is 59.8 Å². The first-order chi connectivity index (χ1) is 9.38. The molecule has 0 aliphatic heterocycles. The van der Waals surface area contributed by atoms with E-state index < -0.39 is 0 Å². The van der Waals surface area contributed by atoms with Crippen LogP contribution in [0.5, 0.6) is 0 Å². The van der Waals surface area contributed by atoms with Crippen LogP contribution in [0.1, 0.15) is 10.4 Å². The Kier molecular flexibility index (Phi) is 4.82. The van der Waals surface area contributed by atoms with Gasteiger partial charge in [-0.1, -0.05) is 15.9 Å². The minimum absolute atomic E-state index is 0.230. The van der Waals surface area contributed by atoms with E-state index in [4.69, 9.17) is 0 Å². The fourth-order valence-electron chi connectivity index (χ4n) is 1.54. The van der Waals surface area contributed by atoms with E-state index in [1.54, 1.807) is 19.3 Å². The summed E-state index contributed by atoms with van der Waals surface area (Å²) in [4.78, 5) is 23.7. The quantitative estimate of drug-likeness (QED) is 0.732. The maximum absolute atomic E-state index is 12.2. The number of hydrogen-bond acceptors (Lipinski definition) is 2. The van der Waals surface area contributed by atoms with Crippen LogP contribution in [0.2, 0.25) is 0 Å². The number of nitrogens with one attached hydrogen (secondary N) is 1. The Balaban J connectivity index is 2.32. The van der Waals surface area contributed by atoms with Gasteiger partial charge in [-0.3, -0.25) is 9.59 Å². The highest BCUT2D eigenvalue weighted by molar-refractivity contribution is 9.11. The first kappa shape index (κ1) is 15.5. The van der Waals surface area contributed by atoms with Gasteiger partial charge in [-0.25, -0.2) is 0 Å². The Labute approximate surface area is 140 Å². The molecule has 2 rings (SSSR count). The van der Waals surface area contributed by atoms with Crippen molar-refractivity contribution in [1.29, 1.82) is 0 Å². The summed E-state index contributed by atoms with van der Waals surface area (Å²) in [5.41, 5.74) is 0.695. The predicted octanol–water partition coefficient (Wildman–Crippen LogP) is 3.93. The van der Waals surface area contributed by atoms with Crippen molar-refractivity contribution >= 4 is 59.4 Å². The van der Waals surface area contributed by atoms with Gasteiger partial charge in [0.25, 0.3) is 11.5 Å². The summed E-state index contributed by atoms with van der Waals surface area (Å²) in [6.45, 7) is 0. The molecular weight excluding hydrogens is 456 g/mol. The number of aromatic nitrogens is 1. The lowest BCUT2D eigenvalue weighted by Gasteiger charge is -2.10. The van der Waals surface area contributed by atoms with Gasteiger partial charge < -0.3 is 9.88 Å². The topological polar surface area (TPSA) is 51.1 Å². The highest BCUT2D eigenvalue weighted by atomic mass is 79.9. The van der Waals surface area contributed by atoms with Gasteiger partial charge in [0.1, 0.15) is 0 Å². The van der Waals surface area contributed by atoms with E-state index in [0.29, 0.717) is 11.3 Å². The molecule has 0 aliphatic rings. The first-order valence-corrected chi connectivity index (χ1v) is 7.89. The van der Waals surface area contributed by atoms with Crippen LogP contribution < -0.4 is 10.9 Å². The van der Waals surface area contributed by atoms with Gasteiger partial charge in [-0.2, -0.15) is 0 Å². The number of anilines is 1. The summed E-state index contributed by atoms with van der Waals surface area (Å²) in [6, 6.07) is 6.54. The Bertz CT molecular complexity index is 718. The second kappa shape index (κ2) is 6.24. The molecule has 1 heterocycles. The van der Waals surface area contributed by atoms with Crippen molar-refractivity contribution in [3.63, 3.8) is 0 Å². The zero-order chi connectivity index (χ0) is 14.9. The number of nitrogens with zero attached hydrogens (tertiary/aromatic N) is 1. The molecule has 0 saturated heterocycles. The third-order valence-electron chi connectivity index (χ3n) is 2.61. The molecule has 1 aromatic carbocycles. The summed E-state index contributed by atoms with van der Waals surface area (Å²) in [5, 5.41) is 2.77. The van der Waals surface area contributed by atoms with Crippen molar-refractivity contribution < 1.29 is 4.79 Å². The standard InChI is InChI=1S/C13H9Br3N2O2/c1-18-3-2-7(4-11(18)19)13(20)17-12-9(15)5-8(14)6-10(12)16/h2-6H,1H3,(H,17,20). The van der Waals surface area contributed by atoms with Gasteiger partial charge in [0, 0.05) is 38.3 Å². The lowest BCUT2D eigenvalue weighted by molar-refractivity contribution is 0.102. The summed E-state index contributed by atoms with van der Waals surface area (Å²) >= 11 is 10.1. The number of hydrogen-bond donors (Lipinski definition) is 1. The molecule has 104 valence electrons. The van der Waals surface area contributed by atoms with Crippen LogP contribution in [-0.4, -0.2) is 10.5 Å². The normalized spacial score (nSPS) is 10.4. The van der Waals surface area contributed by atoms with Gasteiger partial charge >= 0.3 is 0 Å². The SMILES string of the molecule is Cn1ccc(C(=O)Nc2c(Br)cc(Br)cc2Br)cc1=O. The molecular formula is C13H9Br3N2O2.